The first kappa shape index (κ1) is 16.4. The summed E-state index contributed by atoms with van der Waals surface area (Å²) < 4.78 is 6.69. The molecule has 0 aliphatic heterocycles. The van der Waals surface area contributed by atoms with Gasteiger partial charge >= 0.3 is 0 Å². The molecule has 0 aliphatic rings. The van der Waals surface area contributed by atoms with Crippen LogP contribution in [0.4, 0.5) is 5.69 Å². The maximum Gasteiger partial charge on any atom is 0.258 e. The van der Waals surface area contributed by atoms with Crippen molar-refractivity contribution in [2.75, 3.05) is 12.4 Å². The molecule has 0 unspecified atom stereocenters. The molecule has 1 heterocycles. The molecular weight excluding hydrogens is 349 g/mol. The number of hydrogen-bond donors (Lipinski definition) is 1. The number of carbonyl (C=O) groups excluding carboxylic acids is 1. The first-order valence-corrected chi connectivity index (χ1v) is 7.78. The van der Waals surface area contributed by atoms with Crippen LogP contribution in [0.1, 0.15) is 10.4 Å². The third-order valence-electron chi connectivity index (χ3n) is 3.35. The van der Waals surface area contributed by atoms with E-state index in [2.05, 4.69) is 10.4 Å². The van der Waals surface area contributed by atoms with Crippen molar-refractivity contribution in [1.82, 2.24) is 9.78 Å². The van der Waals surface area contributed by atoms with Gasteiger partial charge in [-0.2, -0.15) is 5.10 Å². The van der Waals surface area contributed by atoms with E-state index in [4.69, 9.17) is 27.9 Å². The Labute approximate surface area is 148 Å². The van der Waals surface area contributed by atoms with E-state index in [9.17, 15) is 4.79 Å². The minimum Gasteiger partial charge on any atom is -0.495 e. The number of nitrogens with one attached hydrogen (secondary N) is 1. The molecule has 0 aliphatic carbocycles. The number of hydrogen-bond acceptors (Lipinski definition) is 3. The number of ether oxygens (including phenoxy) is 1. The second-order valence-corrected chi connectivity index (χ2v) is 5.80. The lowest BCUT2D eigenvalue weighted by atomic mass is 10.2. The lowest BCUT2D eigenvalue weighted by molar-refractivity contribution is 0.102. The minimum absolute atomic E-state index is 0.281. The lowest BCUT2D eigenvalue weighted by Gasteiger charge is -2.07. The van der Waals surface area contributed by atoms with E-state index in [1.165, 1.54) is 13.3 Å². The Hall–Kier alpha value is -2.50. The van der Waals surface area contributed by atoms with Crippen LogP contribution in [0.5, 0.6) is 5.75 Å². The maximum absolute atomic E-state index is 12.3. The van der Waals surface area contributed by atoms with Crippen molar-refractivity contribution in [2.24, 2.45) is 0 Å². The summed E-state index contributed by atoms with van der Waals surface area (Å²) in [6, 6.07) is 12.2. The monoisotopic (exact) mass is 361 g/mol. The van der Waals surface area contributed by atoms with Crippen molar-refractivity contribution in [3.8, 4) is 11.4 Å². The number of rotatable bonds is 4. The zero-order chi connectivity index (χ0) is 17.1. The fourth-order valence-electron chi connectivity index (χ4n) is 2.12. The summed E-state index contributed by atoms with van der Waals surface area (Å²) in [6.07, 6.45) is 3.14. The number of aromatic nitrogens is 2. The summed E-state index contributed by atoms with van der Waals surface area (Å²) in [6.45, 7) is 0. The molecule has 0 saturated heterocycles. The fraction of sp³-hybridized carbons (Fsp3) is 0.0588. The molecule has 0 radical (unpaired) electrons. The normalized spacial score (nSPS) is 10.5. The molecule has 3 rings (SSSR count). The predicted octanol–water partition coefficient (Wildman–Crippen LogP) is 4.44. The number of halogens is 2. The Morgan fingerprint density at radius 1 is 1.17 bits per heavy atom. The van der Waals surface area contributed by atoms with Gasteiger partial charge in [0, 0.05) is 16.9 Å². The minimum atomic E-state index is -0.281. The van der Waals surface area contributed by atoms with Crippen LogP contribution >= 0.6 is 23.2 Å². The summed E-state index contributed by atoms with van der Waals surface area (Å²) in [5, 5.41) is 8.02. The Morgan fingerprint density at radius 2 is 1.92 bits per heavy atom. The van der Waals surface area contributed by atoms with Gasteiger partial charge in [0.2, 0.25) is 0 Å². The average Bonchev–Trinajstić information content (AvgIpc) is 3.06. The maximum atomic E-state index is 12.3. The van der Waals surface area contributed by atoms with Crippen molar-refractivity contribution in [3.63, 3.8) is 0 Å². The van der Waals surface area contributed by atoms with E-state index in [-0.39, 0.29) is 5.91 Å². The molecule has 1 aromatic heterocycles. The van der Waals surface area contributed by atoms with Crippen LogP contribution < -0.4 is 10.1 Å². The van der Waals surface area contributed by atoms with Gasteiger partial charge in [-0.3, -0.25) is 4.79 Å². The molecule has 0 spiro atoms. The number of carbonyl (C=O) groups is 1. The zero-order valence-corrected chi connectivity index (χ0v) is 14.2. The van der Waals surface area contributed by atoms with E-state index in [0.29, 0.717) is 27.0 Å². The summed E-state index contributed by atoms with van der Waals surface area (Å²) in [5.74, 6) is 0.265. The Kier molecular flexibility index (Phi) is 4.74. The molecule has 5 nitrogen and oxygen atoms in total. The molecule has 7 heteroatoms. The second-order valence-electron chi connectivity index (χ2n) is 4.95. The summed E-state index contributed by atoms with van der Waals surface area (Å²) >= 11 is 11.9. The molecular formula is C17H13Cl2N3O2. The number of methoxy groups -OCH3 is 1. The highest BCUT2D eigenvalue weighted by Gasteiger charge is 2.11. The summed E-state index contributed by atoms with van der Waals surface area (Å²) in [7, 11) is 1.53. The van der Waals surface area contributed by atoms with Gasteiger partial charge in [-0.1, -0.05) is 23.2 Å². The topological polar surface area (TPSA) is 56.1 Å². The standard InChI is InChI=1S/C17H13Cl2N3O2/c1-24-16-7-4-13(8-15(16)19)21-17(23)11-9-20-22(10-11)14-5-2-12(18)3-6-14/h2-10H,1H3,(H,21,23). The summed E-state index contributed by atoms with van der Waals surface area (Å²) in [4.78, 5) is 12.3. The summed E-state index contributed by atoms with van der Waals surface area (Å²) in [5.41, 5.74) is 1.81. The lowest BCUT2D eigenvalue weighted by Crippen LogP contribution is -2.11. The highest BCUT2D eigenvalue weighted by atomic mass is 35.5. The van der Waals surface area contributed by atoms with Crippen molar-refractivity contribution >= 4 is 34.8 Å². The van der Waals surface area contributed by atoms with Gasteiger partial charge in [-0.15, -0.1) is 0 Å². The smallest absolute Gasteiger partial charge is 0.258 e. The fourth-order valence-corrected chi connectivity index (χ4v) is 2.51. The highest BCUT2D eigenvalue weighted by molar-refractivity contribution is 6.32. The van der Waals surface area contributed by atoms with Crippen LogP contribution in [0.15, 0.2) is 54.9 Å². The van der Waals surface area contributed by atoms with E-state index >= 15 is 0 Å². The first-order valence-electron chi connectivity index (χ1n) is 7.02. The molecule has 3 aromatic rings. The molecule has 122 valence electrons. The Bertz CT molecular complexity index is 876. The number of anilines is 1. The van der Waals surface area contributed by atoms with Gasteiger partial charge < -0.3 is 10.1 Å². The molecule has 0 fully saturated rings. The average molecular weight is 362 g/mol. The third kappa shape index (κ3) is 3.53. The highest BCUT2D eigenvalue weighted by Crippen LogP contribution is 2.27. The van der Waals surface area contributed by atoms with Gasteiger partial charge in [0.1, 0.15) is 5.75 Å². The van der Waals surface area contributed by atoms with Gasteiger partial charge in [0.15, 0.2) is 0 Å². The van der Waals surface area contributed by atoms with Crippen molar-refractivity contribution < 1.29 is 9.53 Å². The van der Waals surface area contributed by atoms with Gasteiger partial charge in [-0.05, 0) is 42.5 Å². The Morgan fingerprint density at radius 3 is 2.58 bits per heavy atom. The van der Waals surface area contributed by atoms with E-state index in [1.807, 2.05) is 12.1 Å². The van der Waals surface area contributed by atoms with Crippen molar-refractivity contribution in [2.45, 2.75) is 0 Å². The number of benzene rings is 2. The van der Waals surface area contributed by atoms with Crippen LogP contribution in [0.25, 0.3) is 5.69 Å². The van der Waals surface area contributed by atoms with Crippen LogP contribution in [0, 0.1) is 0 Å². The molecule has 1 amide bonds. The van der Waals surface area contributed by atoms with Gasteiger partial charge in [-0.25, -0.2) is 4.68 Å². The van der Waals surface area contributed by atoms with Gasteiger partial charge in [0.25, 0.3) is 5.91 Å². The third-order valence-corrected chi connectivity index (χ3v) is 3.89. The molecule has 0 bridgehead atoms. The van der Waals surface area contributed by atoms with Gasteiger partial charge in [0.05, 0.1) is 29.6 Å². The SMILES string of the molecule is COc1ccc(NC(=O)c2cnn(-c3ccc(Cl)cc3)c2)cc1Cl. The first-order chi connectivity index (χ1) is 11.6. The number of amides is 1. The van der Waals surface area contributed by atoms with Crippen LogP contribution in [-0.2, 0) is 0 Å². The van der Waals surface area contributed by atoms with Crippen LogP contribution in [0.3, 0.4) is 0 Å². The molecule has 0 saturated carbocycles. The second kappa shape index (κ2) is 6.95. The quantitative estimate of drug-likeness (QED) is 0.747. The van der Waals surface area contributed by atoms with Crippen LogP contribution in [0.2, 0.25) is 10.0 Å². The predicted molar refractivity (Wildman–Crippen MR) is 94.5 cm³/mol. The molecule has 24 heavy (non-hydrogen) atoms. The van der Waals surface area contributed by atoms with E-state index in [1.54, 1.807) is 41.2 Å². The molecule has 0 atom stereocenters. The Balaban J connectivity index is 1.76. The zero-order valence-electron chi connectivity index (χ0n) is 12.7. The molecule has 2 aromatic carbocycles. The largest absolute Gasteiger partial charge is 0.495 e. The van der Waals surface area contributed by atoms with Crippen molar-refractivity contribution in [3.05, 3.63) is 70.5 Å². The molecule has 1 N–H and O–H groups in total. The van der Waals surface area contributed by atoms with E-state index in [0.717, 1.165) is 5.69 Å². The van der Waals surface area contributed by atoms with Crippen LogP contribution in [-0.4, -0.2) is 22.8 Å². The van der Waals surface area contributed by atoms with Crippen molar-refractivity contribution in [1.29, 1.82) is 0 Å². The number of nitrogens with zero attached hydrogens (tertiary/aromatic N) is 2. The van der Waals surface area contributed by atoms with E-state index < -0.39 is 0 Å².